The molecule has 7 heteroatoms. The molecule has 0 unspecified atom stereocenters. The summed E-state index contributed by atoms with van der Waals surface area (Å²) in [5.41, 5.74) is 2.50. The van der Waals surface area contributed by atoms with Crippen molar-refractivity contribution in [3.05, 3.63) is 102 Å². The number of aryl methyl sites for hydroxylation is 1. The SMILES string of the molecule is Cc1ccc(S(=O)(=O)O)c(C[C@H](O)[C@H](c2cccc(F)c2)n2ccc3ccccc32)c1. The summed E-state index contributed by atoms with van der Waals surface area (Å²) in [4.78, 5) is -0.243. The Morgan fingerprint density at radius 3 is 2.52 bits per heavy atom. The van der Waals surface area contributed by atoms with Crippen molar-refractivity contribution in [1.82, 2.24) is 4.57 Å². The van der Waals surface area contributed by atoms with Crippen LogP contribution in [0.25, 0.3) is 10.9 Å². The maximum absolute atomic E-state index is 14.0. The van der Waals surface area contributed by atoms with Gasteiger partial charge in [-0.25, -0.2) is 4.39 Å². The minimum atomic E-state index is -4.46. The molecule has 0 amide bonds. The molecule has 5 nitrogen and oxygen atoms in total. The number of halogens is 1. The fraction of sp³-hybridized carbons (Fsp3) is 0.167. The van der Waals surface area contributed by atoms with E-state index in [-0.39, 0.29) is 11.3 Å². The first-order chi connectivity index (χ1) is 14.7. The van der Waals surface area contributed by atoms with Crippen molar-refractivity contribution >= 4 is 21.0 Å². The lowest BCUT2D eigenvalue weighted by molar-refractivity contribution is 0.131. The van der Waals surface area contributed by atoms with Crippen LogP contribution in [0, 0.1) is 12.7 Å². The van der Waals surface area contributed by atoms with Crippen LogP contribution in [0.3, 0.4) is 0 Å². The highest BCUT2D eigenvalue weighted by molar-refractivity contribution is 7.85. The van der Waals surface area contributed by atoms with E-state index in [1.54, 1.807) is 31.2 Å². The molecule has 0 saturated carbocycles. The zero-order valence-corrected chi connectivity index (χ0v) is 17.6. The molecule has 31 heavy (non-hydrogen) atoms. The Kier molecular flexibility index (Phi) is 5.66. The van der Waals surface area contributed by atoms with Gasteiger partial charge in [0, 0.05) is 18.1 Å². The Hall–Kier alpha value is -3.00. The maximum Gasteiger partial charge on any atom is 0.294 e. The van der Waals surface area contributed by atoms with Crippen molar-refractivity contribution < 1.29 is 22.5 Å². The van der Waals surface area contributed by atoms with Gasteiger partial charge in [-0.05, 0) is 53.8 Å². The average molecular weight is 440 g/mol. The van der Waals surface area contributed by atoms with Crippen LogP contribution in [0.4, 0.5) is 4.39 Å². The Morgan fingerprint density at radius 2 is 1.77 bits per heavy atom. The largest absolute Gasteiger partial charge is 0.390 e. The van der Waals surface area contributed by atoms with Crippen LogP contribution in [-0.2, 0) is 16.5 Å². The van der Waals surface area contributed by atoms with Crippen molar-refractivity contribution in [1.29, 1.82) is 0 Å². The molecule has 3 aromatic carbocycles. The number of benzene rings is 3. The normalized spacial score (nSPS) is 13.9. The molecule has 0 saturated heterocycles. The van der Waals surface area contributed by atoms with Crippen LogP contribution in [0.5, 0.6) is 0 Å². The van der Waals surface area contributed by atoms with Crippen molar-refractivity contribution in [2.24, 2.45) is 0 Å². The third-order valence-electron chi connectivity index (χ3n) is 5.41. The topological polar surface area (TPSA) is 79.5 Å². The number of hydrogen-bond acceptors (Lipinski definition) is 3. The molecule has 2 atom stereocenters. The van der Waals surface area contributed by atoms with Gasteiger partial charge in [-0.1, -0.05) is 48.0 Å². The van der Waals surface area contributed by atoms with Gasteiger partial charge < -0.3 is 9.67 Å². The first-order valence-electron chi connectivity index (χ1n) is 9.80. The lowest BCUT2D eigenvalue weighted by Crippen LogP contribution is -2.27. The third-order valence-corrected chi connectivity index (χ3v) is 6.36. The summed E-state index contributed by atoms with van der Waals surface area (Å²) < 4.78 is 49.2. The van der Waals surface area contributed by atoms with E-state index in [4.69, 9.17) is 0 Å². The van der Waals surface area contributed by atoms with Gasteiger partial charge in [0.2, 0.25) is 0 Å². The minimum absolute atomic E-state index is 0.0511. The van der Waals surface area contributed by atoms with Gasteiger partial charge in [0.1, 0.15) is 5.82 Å². The highest BCUT2D eigenvalue weighted by atomic mass is 32.2. The molecule has 1 aromatic heterocycles. The van der Waals surface area contributed by atoms with E-state index in [1.807, 2.05) is 41.1 Å². The minimum Gasteiger partial charge on any atom is -0.390 e. The second kappa shape index (κ2) is 8.26. The second-order valence-electron chi connectivity index (χ2n) is 7.64. The van der Waals surface area contributed by atoms with Gasteiger partial charge in [-0.3, -0.25) is 4.55 Å². The number of fused-ring (bicyclic) bond motifs is 1. The predicted molar refractivity (Wildman–Crippen MR) is 117 cm³/mol. The zero-order valence-electron chi connectivity index (χ0n) is 16.8. The van der Waals surface area contributed by atoms with Crippen molar-refractivity contribution in [3.63, 3.8) is 0 Å². The third kappa shape index (κ3) is 4.39. The van der Waals surface area contributed by atoms with E-state index in [2.05, 4.69) is 0 Å². The van der Waals surface area contributed by atoms with E-state index in [0.717, 1.165) is 16.5 Å². The molecule has 160 valence electrons. The monoisotopic (exact) mass is 439 g/mol. The molecule has 0 aliphatic carbocycles. The predicted octanol–water partition coefficient (Wildman–Crippen LogP) is 4.53. The molecule has 1 heterocycles. The Morgan fingerprint density at radius 1 is 1.00 bits per heavy atom. The molecule has 4 aromatic rings. The lowest BCUT2D eigenvalue weighted by Gasteiger charge is -2.27. The highest BCUT2D eigenvalue weighted by Crippen LogP contribution is 2.31. The molecule has 0 fully saturated rings. The van der Waals surface area contributed by atoms with Crippen LogP contribution in [0.2, 0.25) is 0 Å². The van der Waals surface area contributed by atoms with Gasteiger partial charge in [0.05, 0.1) is 17.0 Å². The summed E-state index contributed by atoms with van der Waals surface area (Å²) in [6.45, 7) is 1.80. The maximum atomic E-state index is 14.0. The van der Waals surface area contributed by atoms with Gasteiger partial charge in [-0.15, -0.1) is 0 Å². The smallest absolute Gasteiger partial charge is 0.294 e. The Bertz CT molecular complexity index is 1350. The fourth-order valence-electron chi connectivity index (χ4n) is 4.06. The second-order valence-corrected chi connectivity index (χ2v) is 9.03. The van der Waals surface area contributed by atoms with Crippen LogP contribution >= 0.6 is 0 Å². The zero-order chi connectivity index (χ0) is 22.2. The fourth-order valence-corrected chi connectivity index (χ4v) is 4.78. The molecule has 0 aliphatic heterocycles. The summed E-state index contributed by atoms with van der Waals surface area (Å²) >= 11 is 0. The van der Waals surface area contributed by atoms with Gasteiger partial charge in [0.25, 0.3) is 10.1 Å². The standard InChI is InChI=1S/C24H22FNO4S/c1-16-9-10-23(31(28,29)30)19(13-16)15-22(27)24(18-6-4-7-20(25)14-18)26-12-11-17-5-2-3-8-21(17)26/h2-14,22,24,27H,15H2,1H3,(H,28,29,30)/t22-,24-/m0/s1. The first-order valence-corrected chi connectivity index (χ1v) is 11.2. The summed E-state index contributed by atoms with van der Waals surface area (Å²) in [6, 6.07) is 19.4. The average Bonchev–Trinajstić information content (AvgIpc) is 3.11. The number of para-hydroxylation sites is 1. The van der Waals surface area contributed by atoms with E-state index in [9.17, 15) is 22.5 Å². The van der Waals surface area contributed by atoms with E-state index in [0.29, 0.717) is 11.1 Å². The van der Waals surface area contributed by atoms with Gasteiger partial charge in [0.15, 0.2) is 0 Å². The van der Waals surface area contributed by atoms with Crippen molar-refractivity contribution in [3.8, 4) is 0 Å². The van der Waals surface area contributed by atoms with Crippen LogP contribution in [0.1, 0.15) is 22.7 Å². The van der Waals surface area contributed by atoms with E-state index < -0.39 is 28.1 Å². The molecule has 0 radical (unpaired) electrons. The van der Waals surface area contributed by atoms with E-state index in [1.165, 1.54) is 18.2 Å². The van der Waals surface area contributed by atoms with Crippen LogP contribution in [0.15, 0.2) is 83.9 Å². The lowest BCUT2D eigenvalue weighted by atomic mass is 9.95. The number of aromatic nitrogens is 1. The summed E-state index contributed by atoms with van der Waals surface area (Å²) in [5.74, 6) is -0.430. The van der Waals surface area contributed by atoms with E-state index >= 15 is 0 Å². The molecule has 0 aliphatic rings. The van der Waals surface area contributed by atoms with Gasteiger partial charge >= 0.3 is 0 Å². The molecule has 0 bridgehead atoms. The first kappa shape index (κ1) is 21.2. The number of rotatable bonds is 6. The molecule has 4 rings (SSSR count). The number of aliphatic hydroxyl groups is 1. The quantitative estimate of drug-likeness (QED) is 0.433. The summed E-state index contributed by atoms with van der Waals surface area (Å²) in [6.07, 6.45) is 0.674. The van der Waals surface area contributed by atoms with Crippen LogP contribution < -0.4 is 0 Å². The Labute approximate surface area is 180 Å². The van der Waals surface area contributed by atoms with Crippen molar-refractivity contribution in [2.75, 3.05) is 0 Å². The molecular weight excluding hydrogens is 417 g/mol. The van der Waals surface area contributed by atoms with Crippen LogP contribution in [-0.4, -0.2) is 28.7 Å². The molecular formula is C24H22FNO4S. The molecule has 2 N–H and O–H groups in total. The summed E-state index contributed by atoms with van der Waals surface area (Å²) in [7, 11) is -4.46. The number of nitrogens with zero attached hydrogens (tertiary/aromatic N) is 1. The molecule has 0 spiro atoms. The van der Waals surface area contributed by atoms with Crippen molar-refractivity contribution in [2.45, 2.75) is 30.4 Å². The van der Waals surface area contributed by atoms with Gasteiger partial charge in [-0.2, -0.15) is 8.42 Å². The number of hydrogen-bond donors (Lipinski definition) is 2. The summed E-state index contributed by atoms with van der Waals surface area (Å²) in [5, 5.41) is 12.3. The highest BCUT2D eigenvalue weighted by Gasteiger charge is 2.27. The number of aliphatic hydroxyl groups excluding tert-OH is 1. The Balaban J connectivity index is 1.83.